The van der Waals surface area contributed by atoms with Crippen LogP contribution in [0, 0.1) is 0 Å². The number of aromatic nitrogens is 1. The van der Waals surface area contributed by atoms with Gasteiger partial charge in [-0.3, -0.25) is 4.79 Å². The summed E-state index contributed by atoms with van der Waals surface area (Å²) in [5.41, 5.74) is 9.12. The van der Waals surface area contributed by atoms with Crippen LogP contribution >= 0.6 is 0 Å². The van der Waals surface area contributed by atoms with E-state index in [1.54, 1.807) is 30.3 Å². The van der Waals surface area contributed by atoms with Crippen LogP contribution in [-0.4, -0.2) is 48.0 Å². The summed E-state index contributed by atoms with van der Waals surface area (Å²) < 4.78 is 42.3. The van der Waals surface area contributed by atoms with Crippen LogP contribution in [0.1, 0.15) is 70.1 Å². The second-order valence-electron chi connectivity index (χ2n) is 13.1. The fourth-order valence-corrected chi connectivity index (χ4v) is 7.57. The number of benzene rings is 3. The minimum Gasteiger partial charge on any atom is -0.486 e. The van der Waals surface area contributed by atoms with Crippen molar-refractivity contribution in [2.75, 3.05) is 12.9 Å². The first-order chi connectivity index (χ1) is 19.9. The van der Waals surface area contributed by atoms with Crippen molar-refractivity contribution in [3.05, 3.63) is 77.5 Å². The summed E-state index contributed by atoms with van der Waals surface area (Å²) in [6.45, 7) is 15.8. The van der Waals surface area contributed by atoms with Crippen molar-refractivity contribution in [1.82, 2.24) is 4.98 Å². The van der Waals surface area contributed by atoms with E-state index in [0.29, 0.717) is 34.8 Å². The van der Waals surface area contributed by atoms with Gasteiger partial charge in [-0.05, 0) is 70.5 Å². The summed E-state index contributed by atoms with van der Waals surface area (Å²) in [5, 5.41) is 1.98. The van der Waals surface area contributed by atoms with Crippen LogP contribution in [0.4, 0.5) is 0 Å². The molecule has 1 heterocycles. The Kier molecular flexibility index (Phi) is 9.15. The summed E-state index contributed by atoms with van der Waals surface area (Å²) in [7, 11) is -4.38. The maximum absolute atomic E-state index is 11.9. The quantitative estimate of drug-likeness (QED) is 0.233. The van der Waals surface area contributed by atoms with Gasteiger partial charge in [0.05, 0.1) is 17.0 Å². The Balaban J connectivity index is 1.55. The number of fused-ring (bicyclic) bond motifs is 1. The number of primary amides is 1. The number of hydrogen-bond donors (Lipinski definition) is 2. The van der Waals surface area contributed by atoms with Gasteiger partial charge in [0.15, 0.2) is 19.6 Å². The fourth-order valence-electron chi connectivity index (χ4n) is 5.18. The van der Waals surface area contributed by atoms with Crippen molar-refractivity contribution in [2.24, 2.45) is 5.73 Å². The molecule has 0 aliphatic rings. The van der Waals surface area contributed by atoms with Gasteiger partial charge >= 0.3 is 0 Å². The van der Waals surface area contributed by atoms with Gasteiger partial charge in [0.2, 0.25) is 0 Å². The number of rotatable bonds is 10. The zero-order valence-corrected chi connectivity index (χ0v) is 28.4. The maximum atomic E-state index is 11.9. The number of aromatic amines is 1. The smallest absolute Gasteiger partial charge is 0.265 e. The molecule has 0 radical (unpaired) electrons. The van der Waals surface area contributed by atoms with Crippen LogP contribution in [0.15, 0.2) is 65.6 Å². The Morgan fingerprint density at radius 3 is 2.21 bits per heavy atom. The number of H-pyrrole nitrogens is 1. The monoisotopic (exact) mass is 622 g/mol. The molecule has 0 saturated heterocycles. The Morgan fingerprint density at radius 2 is 1.63 bits per heavy atom. The Bertz CT molecular complexity index is 1730. The average molecular weight is 623 g/mol. The first kappa shape index (κ1) is 32.3. The summed E-state index contributed by atoms with van der Waals surface area (Å²) in [6.07, 6.45) is 0.854. The van der Waals surface area contributed by atoms with Crippen LogP contribution in [0.2, 0.25) is 0 Å². The molecule has 0 fully saturated rings. The van der Waals surface area contributed by atoms with E-state index in [2.05, 4.69) is 64.7 Å². The largest absolute Gasteiger partial charge is 0.486 e. The van der Waals surface area contributed by atoms with E-state index in [4.69, 9.17) is 19.6 Å². The highest BCUT2D eigenvalue weighted by molar-refractivity contribution is 7.90. The third kappa shape index (κ3) is 7.87. The fraction of sp³-hybridized carbons (Fsp3) is 0.364. The average Bonchev–Trinajstić information content (AvgIpc) is 3.32. The van der Waals surface area contributed by atoms with Gasteiger partial charge in [-0.1, -0.05) is 59.7 Å². The molecule has 1 atom stereocenters. The van der Waals surface area contributed by atoms with E-state index >= 15 is 0 Å². The molecule has 0 aliphatic carbocycles. The number of nitrogens with two attached hydrogens (primary N) is 1. The van der Waals surface area contributed by atoms with Crippen molar-refractivity contribution < 1.29 is 27.1 Å². The maximum Gasteiger partial charge on any atom is 0.265 e. The van der Waals surface area contributed by atoms with E-state index in [1.807, 2.05) is 6.92 Å². The van der Waals surface area contributed by atoms with E-state index in [-0.39, 0.29) is 27.5 Å². The Hall–Kier alpha value is -3.60. The van der Waals surface area contributed by atoms with Crippen LogP contribution in [-0.2, 0) is 25.1 Å². The lowest BCUT2D eigenvalue weighted by molar-refractivity contribution is 0.0996. The lowest BCUT2D eigenvalue weighted by Crippen LogP contribution is -2.35. The zero-order chi connectivity index (χ0) is 31.7. The van der Waals surface area contributed by atoms with Crippen molar-refractivity contribution in [3.8, 4) is 17.2 Å². The molecule has 0 saturated carbocycles. The molecular formula is C33H42N2O6SSi. The first-order valence-corrected chi connectivity index (χ1v) is 17.4. The third-order valence-electron chi connectivity index (χ3n) is 7.07. The van der Waals surface area contributed by atoms with Crippen LogP contribution < -0.4 is 20.4 Å². The molecule has 1 aromatic heterocycles. The van der Waals surface area contributed by atoms with Crippen molar-refractivity contribution in [1.29, 1.82) is 0 Å². The van der Waals surface area contributed by atoms with Crippen LogP contribution in [0.25, 0.3) is 10.9 Å². The lowest BCUT2D eigenvalue weighted by atomic mass is 9.75. The van der Waals surface area contributed by atoms with Gasteiger partial charge in [-0.2, -0.15) is 0 Å². The summed E-state index contributed by atoms with van der Waals surface area (Å²) >= 11 is 0. The molecule has 0 bridgehead atoms. The minimum absolute atomic E-state index is 0.0133. The molecule has 4 rings (SSSR count). The van der Waals surface area contributed by atoms with Gasteiger partial charge in [0.25, 0.3) is 5.91 Å². The normalized spacial score (nSPS) is 13.5. The number of sulfone groups is 1. The van der Waals surface area contributed by atoms with Crippen molar-refractivity contribution >= 4 is 41.6 Å². The standard InChI is InChI=1S/C33H42N2O6SSi/c1-20(19-39-43-28-11-9-10-25(32(2,3)4)29(28)33(5,6)7)40-27-18-23(16-21-17-26(31(34)36)35-30(21)27)41-22-12-14-24(15-13-22)42(8,37)38/h9-18,20,35H,19,43H2,1-8H3,(H2,34,36). The molecule has 0 aliphatic heterocycles. The summed E-state index contributed by atoms with van der Waals surface area (Å²) in [6, 6.07) is 17.8. The van der Waals surface area contributed by atoms with Gasteiger partial charge in [0.1, 0.15) is 29.0 Å². The number of carbonyl (C=O) groups excluding carboxylic acids is 1. The molecule has 3 aromatic carbocycles. The van der Waals surface area contributed by atoms with Crippen molar-refractivity contribution in [2.45, 2.75) is 70.3 Å². The Labute approximate surface area is 256 Å². The second-order valence-corrected chi connectivity index (χ2v) is 16.5. The van der Waals surface area contributed by atoms with Crippen LogP contribution in [0.5, 0.6) is 17.2 Å². The number of nitrogens with one attached hydrogen (secondary N) is 1. The van der Waals surface area contributed by atoms with Crippen molar-refractivity contribution in [3.63, 3.8) is 0 Å². The molecule has 4 aromatic rings. The minimum atomic E-state index is -3.32. The van der Waals surface area contributed by atoms with Gasteiger partial charge in [-0.15, -0.1) is 0 Å². The highest BCUT2D eigenvalue weighted by Gasteiger charge is 2.27. The molecule has 1 unspecified atom stereocenters. The van der Waals surface area contributed by atoms with E-state index in [9.17, 15) is 13.2 Å². The van der Waals surface area contributed by atoms with Gasteiger partial charge in [0, 0.05) is 17.7 Å². The highest BCUT2D eigenvalue weighted by atomic mass is 32.2. The molecule has 3 N–H and O–H groups in total. The predicted octanol–water partition coefficient (Wildman–Crippen LogP) is 5.25. The second kappa shape index (κ2) is 12.2. The first-order valence-electron chi connectivity index (χ1n) is 14.3. The number of ether oxygens (including phenoxy) is 2. The summed E-state index contributed by atoms with van der Waals surface area (Å²) in [5.74, 6) is 0.810. The number of amides is 1. The van der Waals surface area contributed by atoms with E-state index in [1.165, 1.54) is 28.4 Å². The lowest BCUT2D eigenvalue weighted by Gasteiger charge is -2.32. The van der Waals surface area contributed by atoms with Gasteiger partial charge < -0.3 is 24.6 Å². The molecule has 8 nitrogen and oxygen atoms in total. The molecule has 230 valence electrons. The highest BCUT2D eigenvalue weighted by Crippen LogP contribution is 2.35. The predicted molar refractivity (Wildman–Crippen MR) is 175 cm³/mol. The molecule has 0 spiro atoms. The van der Waals surface area contributed by atoms with Gasteiger partial charge in [-0.25, -0.2) is 8.42 Å². The molecule has 43 heavy (non-hydrogen) atoms. The number of hydrogen-bond acceptors (Lipinski definition) is 6. The summed E-state index contributed by atoms with van der Waals surface area (Å²) in [4.78, 5) is 15.2. The Morgan fingerprint density at radius 1 is 0.953 bits per heavy atom. The zero-order valence-electron chi connectivity index (χ0n) is 26.2. The van der Waals surface area contributed by atoms with Crippen LogP contribution in [0.3, 0.4) is 0 Å². The SMILES string of the molecule is CC(CO[SiH2]c1cccc(C(C)(C)C)c1C(C)(C)C)Oc1cc(Oc2ccc(S(C)(=O)=O)cc2)cc2cc(C(N)=O)[nH]c12. The van der Waals surface area contributed by atoms with E-state index in [0.717, 1.165) is 6.26 Å². The molecule has 10 heteroatoms. The molecular weight excluding hydrogens is 581 g/mol. The molecule has 1 amide bonds. The number of carbonyl (C=O) groups is 1. The third-order valence-corrected chi connectivity index (χ3v) is 9.53. The van der Waals surface area contributed by atoms with E-state index < -0.39 is 25.5 Å². The topological polar surface area (TPSA) is 121 Å².